The summed E-state index contributed by atoms with van der Waals surface area (Å²) in [5.74, 6) is -0.0510. The number of hydrogen-bond donors (Lipinski definition) is 1. The molecule has 13 heavy (non-hydrogen) atoms. The minimum Gasteiger partial charge on any atom is -0.324 e. The summed E-state index contributed by atoms with van der Waals surface area (Å²) in [4.78, 5) is 15.2. The number of anilines is 1. The van der Waals surface area contributed by atoms with Crippen molar-refractivity contribution in [2.24, 2.45) is 0 Å². The van der Waals surface area contributed by atoms with Crippen LogP contribution in [0, 0.1) is 0 Å². The summed E-state index contributed by atoms with van der Waals surface area (Å²) >= 11 is 0. The summed E-state index contributed by atoms with van der Waals surface area (Å²) < 4.78 is 0. The number of carbonyl (C=O) groups excluding carboxylic acids is 1. The van der Waals surface area contributed by atoms with Gasteiger partial charge in [0.25, 0.3) is 0 Å². The molecule has 1 aromatic heterocycles. The molecular formula is C10H14N2O. The van der Waals surface area contributed by atoms with Crippen molar-refractivity contribution in [2.45, 2.75) is 26.7 Å². The van der Waals surface area contributed by atoms with Crippen LogP contribution in [0.2, 0.25) is 0 Å². The molecule has 1 amide bonds. The number of amides is 1. The predicted octanol–water partition coefficient (Wildman–Crippen LogP) is 2.16. The van der Waals surface area contributed by atoms with E-state index in [0.717, 1.165) is 11.4 Å². The predicted molar refractivity (Wildman–Crippen MR) is 52.6 cm³/mol. The van der Waals surface area contributed by atoms with Gasteiger partial charge in [-0.25, -0.2) is 0 Å². The quantitative estimate of drug-likeness (QED) is 0.661. The van der Waals surface area contributed by atoms with E-state index in [-0.39, 0.29) is 11.8 Å². The number of nitrogens with zero attached hydrogens (tertiary/aromatic N) is 1. The fraction of sp³-hybridized carbons (Fsp3) is 0.400. The van der Waals surface area contributed by atoms with Crippen molar-refractivity contribution in [3.8, 4) is 0 Å². The Labute approximate surface area is 78.2 Å². The van der Waals surface area contributed by atoms with Crippen molar-refractivity contribution >= 4 is 11.6 Å². The van der Waals surface area contributed by atoms with Crippen LogP contribution in [-0.2, 0) is 4.79 Å². The second-order valence-electron chi connectivity index (χ2n) is 2.65. The number of pyridine rings is 1. The zero-order valence-electron chi connectivity index (χ0n) is 8.16. The van der Waals surface area contributed by atoms with Gasteiger partial charge in [0.15, 0.2) is 0 Å². The summed E-state index contributed by atoms with van der Waals surface area (Å²) in [6.07, 6.45) is 1.70. The van der Waals surface area contributed by atoms with Gasteiger partial charge in [-0.1, -0.05) is 13.8 Å². The van der Waals surface area contributed by atoms with Gasteiger partial charge in [0.2, 0.25) is 5.91 Å². The lowest BCUT2D eigenvalue weighted by Crippen LogP contribution is -2.08. The maximum atomic E-state index is 11.1. The SMILES string of the molecule is CC.CC1C(=O)Nc2cccnc21. The molecule has 1 atom stereocenters. The Morgan fingerprint density at radius 2 is 2.15 bits per heavy atom. The Morgan fingerprint density at radius 3 is 2.77 bits per heavy atom. The first-order chi connectivity index (χ1) is 6.29. The summed E-state index contributed by atoms with van der Waals surface area (Å²) in [7, 11) is 0. The first kappa shape index (κ1) is 9.71. The minimum atomic E-state index is -0.0915. The maximum Gasteiger partial charge on any atom is 0.233 e. The number of aromatic nitrogens is 1. The monoisotopic (exact) mass is 178 g/mol. The van der Waals surface area contributed by atoms with Gasteiger partial charge in [0.1, 0.15) is 0 Å². The van der Waals surface area contributed by atoms with Gasteiger partial charge in [0, 0.05) is 6.20 Å². The van der Waals surface area contributed by atoms with Gasteiger partial charge >= 0.3 is 0 Å². The first-order valence-corrected chi connectivity index (χ1v) is 4.55. The van der Waals surface area contributed by atoms with E-state index in [9.17, 15) is 4.79 Å². The van der Waals surface area contributed by atoms with Crippen LogP contribution in [0.5, 0.6) is 0 Å². The van der Waals surface area contributed by atoms with Gasteiger partial charge in [-0.05, 0) is 19.1 Å². The molecule has 0 aromatic carbocycles. The molecule has 0 saturated heterocycles. The smallest absolute Gasteiger partial charge is 0.233 e. The average molecular weight is 178 g/mol. The molecule has 0 aliphatic carbocycles. The molecule has 1 N–H and O–H groups in total. The lowest BCUT2D eigenvalue weighted by molar-refractivity contribution is -0.116. The highest BCUT2D eigenvalue weighted by molar-refractivity contribution is 6.01. The summed E-state index contributed by atoms with van der Waals surface area (Å²) in [6.45, 7) is 5.86. The molecule has 1 aliphatic heterocycles. The lowest BCUT2D eigenvalue weighted by atomic mass is 10.1. The van der Waals surface area contributed by atoms with Crippen LogP contribution in [0.15, 0.2) is 18.3 Å². The summed E-state index contributed by atoms with van der Waals surface area (Å²) in [5, 5.41) is 2.75. The molecule has 1 aliphatic rings. The lowest BCUT2D eigenvalue weighted by Gasteiger charge is -1.96. The minimum absolute atomic E-state index is 0.0405. The van der Waals surface area contributed by atoms with E-state index in [0.29, 0.717) is 0 Å². The molecule has 0 fully saturated rings. The van der Waals surface area contributed by atoms with Gasteiger partial charge in [0.05, 0.1) is 17.3 Å². The van der Waals surface area contributed by atoms with E-state index in [2.05, 4.69) is 10.3 Å². The third-order valence-electron chi connectivity index (χ3n) is 1.90. The van der Waals surface area contributed by atoms with Gasteiger partial charge < -0.3 is 5.32 Å². The zero-order chi connectivity index (χ0) is 9.84. The second kappa shape index (κ2) is 4.03. The topological polar surface area (TPSA) is 42.0 Å². The normalized spacial score (nSPS) is 18.4. The molecule has 2 heterocycles. The molecule has 0 saturated carbocycles. The summed E-state index contributed by atoms with van der Waals surface area (Å²) in [5.41, 5.74) is 1.71. The van der Waals surface area contributed by atoms with E-state index in [1.165, 1.54) is 0 Å². The van der Waals surface area contributed by atoms with Gasteiger partial charge in [-0.2, -0.15) is 0 Å². The van der Waals surface area contributed by atoms with Crippen molar-refractivity contribution < 1.29 is 4.79 Å². The van der Waals surface area contributed by atoms with E-state index in [1.807, 2.05) is 32.9 Å². The van der Waals surface area contributed by atoms with Crippen LogP contribution in [0.3, 0.4) is 0 Å². The first-order valence-electron chi connectivity index (χ1n) is 4.55. The highest BCUT2D eigenvalue weighted by Gasteiger charge is 2.26. The molecular weight excluding hydrogens is 164 g/mol. The Morgan fingerprint density at radius 1 is 1.46 bits per heavy atom. The standard InChI is InChI=1S/C8H8N2O.C2H6/c1-5-7-6(10-8(5)11)3-2-4-9-7;1-2/h2-5H,1H3,(H,10,11);1-2H3. The molecule has 1 unspecified atom stereocenters. The van der Waals surface area contributed by atoms with E-state index in [4.69, 9.17) is 0 Å². The molecule has 0 bridgehead atoms. The number of rotatable bonds is 0. The molecule has 1 aromatic rings. The van der Waals surface area contributed by atoms with Gasteiger partial charge in [-0.3, -0.25) is 9.78 Å². The molecule has 0 spiro atoms. The van der Waals surface area contributed by atoms with Crippen LogP contribution in [0.1, 0.15) is 32.4 Å². The number of nitrogens with one attached hydrogen (secondary N) is 1. The Kier molecular flexibility index (Phi) is 3.01. The Hall–Kier alpha value is -1.38. The van der Waals surface area contributed by atoms with Crippen molar-refractivity contribution in [1.82, 2.24) is 4.98 Å². The molecule has 3 heteroatoms. The zero-order valence-corrected chi connectivity index (χ0v) is 8.16. The number of fused-ring (bicyclic) bond motifs is 1. The second-order valence-corrected chi connectivity index (χ2v) is 2.65. The largest absolute Gasteiger partial charge is 0.324 e. The van der Waals surface area contributed by atoms with E-state index >= 15 is 0 Å². The van der Waals surface area contributed by atoms with Crippen molar-refractivity contribution in [3.63, 3.8) is 0 Å². The van der Waals surface area contributed by atoms with Crippen LogP contribution < -0.4 is 5.32 Å². The third kappa shape index (κ3) is 1.69. The third-order valence-corrected chi connectivity index (χ3v) is 1.90. The maximum absolute atomic E-state index is 11.1. The fourth-order valence-corrected chi connectivity index (χ4v) is 1.23. The highest BCUT2D eigenvalue weighted by Crippen LogP contribution is 2.28. The fourth-order valence-electron chi connectivity index (χ4n) is 1.23. The highest BCUT2D eigenvalue weighted by atomic mass is 16.2. The Bertz CT molecular complexity index is 310. The molecule has 0 radical (unpaired) electrons. The number of hydrogen-bond acceptors (Lipinski definition) is 2. The number of carbonyl (C=O) groups is 1. The van der Waals surface area contributed by atoms with Gasteiger partial charge in [-0.15, -0.1) is 0 Å². The van der Waals surface area contributed by atoms with Crippen molar-refractivity contribution in [1.29, 1.82) is 0 Å². The molecule has 70 valence electrons. The van der Waals surface area contributed by atoms with Crippen LogP contribution >= 0.6 is 0 Å². The molecule has 3 nitrogen and oxygen atoms in total. The van der Waals surface area contributed by atoms with Crippen LogP contribution in [-0.4, -0.2) is 10.9 Å². The van der Waals surface area contributed by atoms with Crippen LogP contribution in [0.4, 0.5) is 5.69 Å². The van der Waals surface area contributed by atoms with Crippen LogP contribution in [0.25, 0.3) is 0 Å². The Balaban J connectivity index is 0.000000396. The average Bonchev–Trinajstić information content (AvgIpc) is 2.47. The van der Waals surface area contributed by atoms with Crippen molar-refractivity contribution in [2.75, 3.05) is 5.32 Å². The van der Waals surface area contributed by atoms with Crippen molar-refractivity contribution in [3.05, 3.63) is 24.0 Å². The molecule has 2 rings (SSSR count). The summed E-state index contributed by atoms with van der Waals surface area (Å²) in [6, 6.07) is 3.68. The van der Waals surface area contributed by atoms with E-state index < -0.39 is 0 Å². The van der Waals surface area contributed by atoms with E-state index in [1.54, 1.807) is 6.20 Å².